The van der Waals surface area contributed by atoms with Crippen LogP contribution in [0.2, 0.25) is 0 Å². The highest BCUT2D eigenvalue weighted by atomic mass is 32.2. The Morgan fingerprint density at radius 1 is 1.24 bits per heavy atom. The van der Waals surface area contributed by atoms with Crippen LogP contribution in [0.15, 0.2) is 46.4 Å². The van der Waals surface area contributed by atoms with E-state index in [1.165, 1.54) is 6.92 Å². The van der Waals surface area contributed by atoms with Gasteiger partial charge in [-0.3, -0.25) is 9.59 Å². The Labute approximate surface area is 148 Å². The Balaban J connectivity index is 1.95. The standard InChI is InChI=1S/C19H22O5S/c1-12-10-16-15(19(12)24-13(2)20)8-9-18(21)17(16)11-25(22,23)14-6-4-3-5-7-14/h3-7,12,15,19H,8-11H2,1-2H3/t12?,15?,19-/m1/s1. The van der Waals surface area contributed by atoms with E-state index in [-0.39, 0.29) is 40.3 Å². The summed E-state index contributed by atoms with van der Waals surface area (Å²) in [6, 6.07) is 8.19. The zero-order valence-corrected chi connectivity index (χ0v) is 15.2. The summed E-state index contributed by atoms with van der Waals surface area (Å²) in [5.74, 6) is -0.669. The molecule has 2 unspecified atom stereocenters. The van der Waals surface area contributed by atoms with E-state index >= 15 is 0 Å². The molecule has 0 saturated heterocycles. The maximum atomic E-state index is 12.7. The first-order valence-electron chi connectivity index (χ1n) is 8.49. The Hall–Kier alpha value is -1.95. The topological polar surface area (TPSA) is 77.5 Å². The van der Waals surface area contributed by atoms with Gasteiger partial charge in [0.25, 0.3) is 0 Å². The van der Waals surface area contributed by atoms with Crippen molar-refractivity contribution in [2.75, 3.05) is 5.75 Å². The number of rotatable bonds is 4. The monoisotopic (exact) mass is 362 g/mol. The van der Waals surface area contributed by atoms with Gasteiger partial charge >= 0.3 is 5.97 Å². The van der Waals surface area contributed by atoms with E-state index in [4.69, 9.17) is 4.74 Å². The lowest BCUT2D eigenvalue weighted by Gasteiger charge is -2.27. The molecule has 1 aromatic rings. The highest BCUT2D eigenvalue weighted by Gasteiger charge is 2.44. The average molecular weight is 362 g/mol. The van der Waals surface area contributed by atoms with Gasteiger partial charge in [0.2, 0.25) is 0 Å². The molecular formula is C19H22O5S. The zero-order valence-electron chi connectivity index (χ0n) is 14.4. The lowest BCUT2D eigenvalue weighted by Crippen LogP contribution is -2.30. The summed E-state index contributed by atoms with van der Waals surface area (Å²) >= 11 is 0. The van der Waals surface area contributed by atoms with Crippen molar-refractivity contribution in [2.45, 2.75) is 44.1 Å². The number of hydrogen-bond acceptors (Lipinski definition) is 5. The minimum Gasteiger partial charge on any atom is -0.462 e. The first kappa shape index (κ1) is 17.9. The Morgan fingerprint density at radius 3 is 2.56 bits per heavy atom. The van der Waals surface area contributed by atoms with Crippen molar-refractivity contribution in [3.05, 3.63) is 41.5 Å². The molecule has 2 aliphatic rings. The number of ketones is 1. The van der Waals surface area contributed by atoms with E-state index < -0.39 is 9.84 Å². The molecule has 0 heterocycles. The molecule has 0 aliphatic heterocycles. The summed E-state index contributed by atoms with van der Waals surface area (Å²) in [5.41, 5.74) is 1.27. The summed E-state index contributed by atoms with van der Waals surface area (Å²) in [7, 11) is -3.58. The summed E-state index contributed by atoms with van der Waals surface area (Å²) in [4.78, 5) is 24.1. The molecule has 0 aromatic heterocycles. The molecule has 0 bridgehead atoms. The number of carbonyl (C=O) groups is 2. The van der Waals surface area contributed by atoms with Crippen molar-refractivity contribution in [3.8, 4) is 0 Å². The van der Waals surface area contributed by atoms with Crippen LogP contribution in [0.1, 0.15) is 33.1 Å². The van der Waals surface area contributed by atoms with Crippen LogP contribution in [0, 0.1) is 11.8 Å². The summed E-state index contributed by atoms with van der Waals surface area (Å²) in [6.07, 6.45) is 1.26. The van der Waals surface area contributed by atoms with E-state index in [0.29, 0.717) is 24.8 Å². The number of hydrogen-bond donors (Lipinski definition) is 0. The summed E-state index contributed by atoms with van der Waals surface area (Å²) in [6.45, 7) is 3.36. The average Bonchev–Trinajstić information content (AvgIpc) is 2.87. The predicted octanol–water partition coefficient (Wildman–Crippen LogP) is 2.71. The number of carbonyl (C=O) groups excluding carboxylic acids is 2. The van der Waals surface area contributed by atoms with Gasteiger partial charge in [0, 0.05) is 24.8 Å². The molecule has 3 rings (SSSR count). The molecule has 0 amide bonds. The van der Waals surface area contributed by atoms with Crippen LogP contribution >= 0.6 is 0 Å². The maximum absolute atomic E-state index is 12.7. The largest absolute Gasteiger partial charge is 0.462 e. The molecule has 0 spiro atoms. The van der Waals surface area contributed by atoms with E-state index in [1.54, 1.807) is 30.3 Å². The van der Waals surface area contributed by atoms with Crippen molar-refractivity contribution < 1.29 is 22.7 Å². The first-order chi connectivity index (χ1) is 11.8. The zero-order chi connectivity index (χ0) is 18.2. The molecule has 6 heteroatoms. The highest BCUT2D eigenvalue weighted by molar-refractivity contribution is 7.91. The van der Waals surface area contributed by atoms with Crippen molar-refractivity contribution in [2.24, 2.45) is 11.8 Å². The second-order valence-electron chi connectivity index (χ2n) is 6.90. The van der Waals surface area contributed by atoms with Gasteiger partial charge in [0.05, 0.1) is 10.6 Å². The van der Waals surface area contributed by atoms with Crippen molar-refractivity contribution in [1.82, 2.24) is 0 Å². The molecule has 25 heavy (non-hydrogen) atoms. The van der Waals surface area contributed by atoms with Gasteiger partial charge in [-0.2, -0.15) is 0 Å². The van der Waals surface area contributed by atoms with Gasteiger partial charge in [-0.25, -0.2) is 8.42 Å². The van der Waals surface area contributed by atoms with E-state index in [0.717, 1.165) is 5.57 Å². The van der Waals surface area contributed by atoms with E-state index in [2.05, 4.69) is 0 Å². The van der Waals surface area contributed by atoms with Crippen LogP contribution in [0.25, 0.3) is 0 Å². The number of esters is 1. The second-order valence-corrected chi connectivity index (χ2v) is 8.89. The number of ether oxygens (including phenoxy) is 1. The third-order valence-electron chi connectivity index (χ3n) is 5.09. The van der Waals surface area contributed by atoms with E-state index in [1.807, 2.05) is 6.92 Å². The molecule has 3 atom stereocenters. The number of benzene rings is 1. The second kappa shape index (κ2) is 6.75. The fourth-order valence-electron chi connectivity index (χ4n) is 3.98. The highest BCUT2D eigenvalue weighted by Crippen LogP contribution is 2.45. The Kier molecular flexibility index (Phi) is 4.82. The summed E-state index contributed by atoms with van der Waals surface area (Å²) in [5, 5.41) is 0. The van der Waals surface area contributed by atoms with Crippen molar-refractivity contribution in [3.63, 3.8) is 0 Å². The van der Waals surface area contributed by atoms with Crippen molar-refractivity contribution >= 4 is 21.6 Å². The molecule has 0 N–H and O–H groups in total. The van der Waals surface area contributed by atoms with Gasteiger partial charge in [-0.1, -0.05) is 30.7 Å². The molecule has 1 aromatic carbocycles. The van der Waals surface area contributed by atoms with Crippen LogP contribution in [0.5, 0.6) is 0 Å². The number of Topliss-reactive ketones (excluding diaryl/α,β-unsaturated/α-hetero) is 1. The van der Waals surface area contributed by atoms with Gasteiger partial charge < -0.3 is 4.74 Å². The summed E-state index contributed by atoms with van der Waals surface area (Å²) < 4.78 is 30.9. The van der Waals surface area contributed by atoms with Crippen LogP contribution < -0.4 is 0 Å². The molecule has 1 fully saturated rings. The van der Waals surface area contributed by atoms with Gasteiger partial charge in [-0.15, -0.1) is 0 Å². The van der Waals surface area contributed by atoms with E-state index in [9.17, 15) is 18.0 Å². The fraction of sp³-hybridized carbons (Fsp3) is 0.474. The lowest BCUT2D eigenvalue weighted by atomic mass is 9.83. The van der Waals surface area contributed by atoms with Gasteiger partial charge in [0.15, 0.2) is 15.6 Å². The molecular weight excluding hydrogens is 340 g/mol. The van der Waals surface area contributed by atoms with Gasteiger partial charge in [-0.05, 0) is 30.9 Å². The molecule has 134 valence electrons. The minimum absolute atomic E-state index is 0.0439. The quantitative estimate of drug-likeness (QED) is 0.770. The number of fused-ring (bicyclic) bond motifs is 1. The van der Waals surface area contributed by atoms with Crippen molar-refractivity contribution in [1.29, 1.82) is 0 Å². The van der Waals surface area contributed by atoms with Crippen LogP contribution in [0.3, 0.4) is 0 Å². The minimum atomic E-state index is -3.58. The SMILES string of the molecule is CC(=O)O[C@@H]1C(C)CC2=C(CS(=O)(=O)c3ccccc3)C(=O)CCC21. The third kappa shape index (κ3) is 3.54. The molecule has 5 nitrogen and oxygen atoms in total. The lowest BCUT2D eigenvalue weighted by molar-refractivity contribution is -0.149. The number of sulfone groups is 1. The van der Waals surface area contributed by atoms with Crippen LogP contribution in [-0.4, -0.2) is 32.0 Å². The smallest absolute Gasteiger partial charge is 0.302 e. The van der Waals surface area contributed by atoms with Crippen LogP contribution in [-0.2, 0) is 24.2 Å². The molecule has 1 saturated carbocycles. The fourth-order valence-corrected chi connectivity index (χ4v) is 5.44. The maximum Gasteiger partial charge on any atom is 0.302 e. The molecule has 2 aliphatic carbocycles. The third-order valence-corrected chi connectivity index (χ3v) is 6.75. The Morgan fingerprint density at radius 2 is 1.92 bits per heavy atom. The Bertz CT molecular complexity index is 823. The normalized spacial score (nSPS) is 26.5. The van der Waals surface area contributed by atoms with Gasteiger partial charge in [0.1, 0.15) is 6.10 Å². The molecule has 0 radical (unpaired) electrons. The first-order valence-corrected chi connectivity index (χ1v) is 10.1. The predicted molar refractivity (Wildman–Crippen MR) is 92.6 cm³/mol. The van der Waals surface area contributed by atoms with Crippen LogP contribution in [0.4, 0.5) is 0 Å².